The average molecular weight is 460 g/mol. The van der Waals surface area contributed by atoms with Crippen LogP contribution in [0, 0.1) is 6.92 Å². The van der Waals surface area contributed by atoms with Gasteiger partial charge < -0.3 is 4.90 Å². The number of fused-ring (bicyclic) bond motifs is 7. The fourth-order valence-corrected chi connectivity index (χ4v) is 6.19. The third kappa shape index (κ3) is 2.49. The molecule has 0 fully saturated rings. The molecule has 0 N–H and O–H groups in total. The number of hydrogen-bond acceptors (Lipinski definition) is 3. The summed E-state index contributed by atoms with van der Waals surface area (Å²) in [4.78, 5) is 12.0. The summed E-state index contributed by atoms with van der Waals surface area (Å²) in [5.74, 6) is 0.782. The molecule has 0 aliphatic carbocycles. The van der Waals surface area contributed by atoms with Crippen LogP contribution < -0.4 is 21.3 Å². The molecule has 0 saturated carbocycles. The molecule has 6 aromatic rings. The van der Waals surface area contributed by atoms with Gasteiger partial charge in [0.1, 0.15) is 11.5 Å². The number of rotatable bonds is 2. The lowest BCUT2D eigenvalue weighted by molar-refractivity contribution is 1.03. The smallest absolute Gasteiger partial charge is 0.251 e. The predicted molar refractivity (Wildman–Crippen MR) is 148 cm³/mol. The van der Waals surface area contributed by atoms with Crippen molar-refractivity contribution in [1.29, 1.82) is 0 Å². The van der Waals surface area contributed by atoms with E-state index < -0.39 is 0 Å². The maximum atomic E-state index is 4.96. The Kier molecular flexibility index (Phi) is 3.92. The quantitative estimate of drug-likeness (QED) is 0.340. The summed E-state index contributed by atoms with van der Waals surface area (Å²) in [7, 11) is 0. The Morgan fingerprint density at radius 1 is 0.667 bits per heavy atom. The highest BCUT2D eigenvalue weighted by Gasteiger charge is 2.45. The van der Waals surface area contributed by atoms with E-state index in [1.807, 2.05) is 13.1 Å². The Hall–Kier alpha value is -4.64. The molecule has 0 atom stereocenters. The van der Waals surface area contributed by atoms with E-state index in [0.29, 0.717) is 0 Å². The lowest BCUT2D eigenvalue weighted by atomic mass is 9.37. The van der Waals surface area contributed by atoms with E-state index in [-0.39, 0.29) is 6.71 Å². The van der Waals surface area contributed by atoms with Crippen molar-refractivity contribution in [2.24, 2.45) is 0 Å². The van der Waals surface area contributed by atoms with Gasteiger partial charge in [0.05, 0.1) is 5.69 Å². The molecule has 4 heterocycles. The normalized spacial score (nSPS) is 13.0. The Balaban J connectivity index is 1.53. The fourth-order valence-electron chi connectivity index (χ4n) is 6.19. The molecule has 0 unspecified atom stereocenters. The molecule has 4 aromatic carbocycles. The second-order valence-electron chi connectivity index (χ2n) is 9.49. The van der Waals surface area contributed by atoms with Crippen molar-refractivity contribution in [1.82, 2.24) is 14.5 Å². The van der Waals surface area contributed by atoms with Crippen LogP contribution in [0.1, 0.15) is 5.82 Å². The van der Waals surface area contributed by atoms with Crippen molar-refractivity contribution in [2.75, 3.05) is 4.90 Å². The number of aromatic nitrogens is 3. The van der Waals surface area contributed by atoms with Crippen LogP contribution >= 0.6 is 0 Å². The van der Waals surface area contributed by atoms with Gasteiger partial charge >= 0.3 is 0 Å². The van der Waals surface area contributed by atoms with Crippen LogP contribution in [0.5, 0.6) is 0 Å². The fraction of sp³-hybridized carbons (Fsp3) is 0.0323. The SMILES string of the molecule is Cc1ncc2c3c(n(-c4ccccc4)c2n1)-c1cccc2c1B3c1ccccc1N2c1ccccc1. The molecule has 4 nitrogen and oxygen atoms in total. The highest BCUT2D eigenvalue weighted by molar-refractivity contribution is 7.02. The number of aryl methyl sites for hydroxylation is 1. The summed E-state index contributed by atoms with van der Waals surface area (Å²) in [6.07, 6.45) is 2.02. The Morgan fingerprint density at radius 3 is 2.17 bits per heavy atom. The van der Waals surface area contributed by atoms with Gasteiger partial charge in [0.2, 0.25) is 0 Å². The zero-order valence-electron chi connectivity index (χ0n) is 19.8. The summed E-state index contributed by atoms with van der Waals surface area (Å²) in [6, 6.07) is 36.8. The van der Waals surface area contributed by atoms with Gasteiger partial charge in [-0.05, 0) is 65.3 Å². The van der Waals surface area contributed by atoms with Gasteiger partial charge in [0.25, 0.3) is 6.71 Å². The first-order valence-corrected chi connectivity index (χ1v) is 12.3. The Bertz CT molecular complexity index is 1810. The lowest BCUT2D eigenvalue weighted by Crippen LogP contribution is -2.54. The summed E-state index contributed by atoms with van der Waals surface area (Å²) >= 11 is 0. The van der Waals surface area contributed by atoms with E-state index in [1.165, 1.54) is 44.7 Å². The summed E-state index contributed by atoms with van der Waals surface area (Å²) < 4.78 is 2.34. The van der Waals surface area contributed by atoms with Crippen LogP contribution in [0.2, 0.25) is 0 Å². The van der Waals surface area contributed by atoms with E-state index in [2.05, 4.69) is 118 Å². The van der Waals surface area contributed by atoms with Crippen LogP contribution in [0.3, 0.4) is 0 Å². The monoisotopic (exact) mass is 460 g/mol. The predicted octanol–water partition coefficient (Wildman–Crippen LogP) is 5.01. The molecule has 2 aromatic heterocycles. The van der Waals surface area contributed by atoms with Crippen molar-refractivity contribution < 1.29 is 0 Å². The Labute approximate surface area is 209 Å². The van der Waals surface area contributed by atoms with Gasteiger partial charge in [0.15, 0.2) is 0 Å². The van der Waals surface area contributed by atoms with Gasteiger partial charge in [-0.1, -0.05) is 66.7 Å². The third-order valence-electron chi connectivity index (χ3n) is 7.54. The minimum absolute atomic E-state index is 0.126. The first-order chi connectivity index (χ1) is 17.8. The topological polar surface area (TPSA) is 34.0 Å². The zero-order valence-corrected chi connectivity index (χ0v) is 19.8. The molecular formula is C31H21BN4. The van der Waals surface area contributed by atoms with Gasteiger partial charge in [-0.3, -0.25) is 4.57 Å². The van der Waals surface area contributed by atoms with Gasteiger partial charge in [-0.2, -0.15) is 0 Å². The second-order valence-corrected chi connectivity index (χ2v) is 9.49. The molecule has 2 aliphatic heterocycles. The molecule has 36 heavy (non-hydrogen) atoms. The summed E-state index contributed by atoms with van der Waals surface area (Å²) in [5.41, 5.74) is 12.2. The van der Waals surface area contributed by atoms with Crippen LogP contribution in [0.15, 0.2) is 109 Å². The molecule has 5 heteroatoms. The van der Waals surface area contributed by atoms with E-state index in [4.69, 9.17) is 4.98 Å². The third-order valence-corrected chi connectivity index (χ3v) is 7.54. The molecule has 0 amide bonds. The molecule has 0 saturated heterocycles. The van der Waals surface area contributed by atoms with Gasteiger partial charge in [0, 0.05) is 34.3 Å². The maximum absolute atomic E-state index is 4.96. The van der Waals surface area contributed by atoms with Crippen molar-refractivity contribution >= 4 is 51.2 Å². The van der Waals surface area contributed by atoms with Crippen molar-refractivity contribution in [3.63, 3.8) is 0 Å². The first-order valence-electron chi connectivity index (χ1n) is 12.3. The highest BCUT2D eigenvalue weighted by Crippen LogP contribution is 2.42. The van der Waals surface area contributed by atoms with Crippen molar-refractivity contribution in [2.45, 2.75) is 6.92 Å². The van der Waals surface area contributed by atoms with Crippen LogP contribution in [-0.4, -0.2) is 21.2 Å². The van der Waals surface area contributed by atoms with Gasteiger partial charge in [-0.15, -0.1) is 0 Å². The molecule has 0 spiro atoms. The van der Waals surface area contributed by atoms with Crippen LogP contribution in [0.25, 0.3) is 28.0 Å². The van der Waals surface area contributed by atoms with Crippen LogP contribution in [-0.2, 0) is 0 Å². The van der Waals surface area contributed by atoms with E-state index in [9.17, 15) is 0 Å². The number of benzene rings is 4. The second kappa shape index (κ2) is 7.19. The number of para-hydroxylation sites is 3. The minimum atomic E-state index is 0.126. The van der Waals surface area contributed by atoms with Crippen molar-refractivity contribution in [3.8, 4) is 16.9 Å². The van der Waals surface area contributed by atoms with E-state index >= 15 is 0 Å². The Morgan fingerprint density at radius 2 is 1.36 bits per heavy atom. The largest absolute Gasteiger partial charge is 0.312 e. The van der Waals surface area contributed by atoms with E-state index in [1.54, 1.807) is 0 Å². The van der Waals surface area contributed by atoms with Crippen LogP contribution in [0.4, 0.5) is 17.1 Å². The molecule has 0 radical (unpaired) electrons. The lowest BCUT2D eigenvalue weighted by Gasteiger charge is -2.35. The standard InChI is InChI=1S/C31H21BN4/c1-20-33-19-24-29-30(36(31(24)34-20)22-13-6-3-7-14-22)23-15-10-18-27-28(23)32(29)25-16-8-9-17-26(25)35(27)21-11-4-2-5-12-21/h2-19H,1H3. The zero-order chi connectivity index (χ0) is 23.8. The summed E-state index contributed by atoms with van der Waals surface area (Å²) in [6.45, 7) is 2.09. The molecule has 0 bridgehead atoms. The molecule has 2 aliphatic rings. The molecule has 168 valence electrons. The maximum Gasteiger partial charge on any atom is 0.251 e. The van der Waals surface area contributed by atoms with Gasteiger partial charge in [-0.25, -0.2) is 9.97 Å². The number of anilines is 3. The summed E-state index contributed by atoms with van der Waals surface area (Å²) in [5, 5.41) is 1.12. The minimum Gasteiger partial charge on any atom is -0.312 e. The first kappa shape index (κ1) is 19.6. The number of hydrogen-bond donors (Lipinski definition) is 0. The van der Waals surface area contributed by atoms with E-state index in [0.717, 1.165) is 22.5 Å². The number of nitrogens with zero attached hydrogens (tertiary/aromatic N) is 4. The van der Waals surface area contributed by atoms with Crippen molar-refractivity contribution in [3.05, 3.63) is 115 Å². The molecular weight excluding hydrogens is 439 g/mol. The molecule has 8 rings (SSSR count). The average Bonchev–Trinajstić information content (AvgIpc) is 3.43. The highest BCUT2D eigenvalue weighted by atomic mass is 15.2.